The summed E-state index contributed by atoms with van der Waals surface area (Å²) in [5.74, 6) is 4.32. The Hall–Kier alpha value is 0.480. The molecule has 0 unspecified atom stereocenters. The number of halogens is 1. The van der Waals surface area contributed by atoms with Crippen molar-refractivity contribution in [3.8, 4) is 0 Å². The molecule has 0 heterocycles. The lowest BCUT2D eigenvalue weighted by molar-refractivity contribution is 0.142. The smallest absolute Gasteiger partial charge is 0.00339 e. The second-order valence-corrected chi connectivity index (χ2v) is 8.33. The fourth-order valence-corrected chi connectivity index (χ4v) is 5.38. The van der Waals surface area contributed by atoms with Crippen molar-refractivity contribution in [1.29, 1.82) is 0 Å². The first-order valence-electron chi connectivity index (χ1n) is 9.39. The van der Waals surface area contributed by atoms with E-state index in [1.807, 2.05) is 0 Å². The van der Waals surface area contributed by atoms with Crippen LogP contribution in [-0.4, -0.2) is 5.33 Å². The topological polar surface area (TPSA) is 0 Å². The van der Waals surface area contributed by atoms with Gasteiger partial charge >= 0.3 is 0 Å². The number of alkyl halides is 1. The Kier molecular flexibility index (Phi) is 7.99. The monoisotopic (exact) mass is 342 g/mol. The van der Waals surface area contributed by atoms with E-state index in [0.717, 1.165) is 23.7 Å². The van der Waals surface area contributed by atoms with Crippen LogP contribution in [0.4, 0.5) is 0 Å². The Bertz CT molecular complexity index is 234. The SMILES string of the molecule is CCCCC[C@H]1CC[C@H]([C@H]2CC[C@H](CCBr)CC2)CC1. The van der Waals surface area contributed by atoms with Gasteiger partial charge in [-0.3, -0.25) is 0 Å². The van der Waals surface area contributed by atoms with Gasteiger partial charge in [0.05, 0.1) is 0 Å². The predicted octanol–water partition coefficient (Wildman–Crippen LogP) is 6.96. The largest absolute Gasteiger partial charge is 0.0928 e. The summed E-state index contributed by atoms with van der Waals surface area (Å²) < 4.78 is 0. The summed E-state index contributed by atoms with van der Waals surface area (Å²) >= 11 is 3.61. The van der Waals surface area contributed by atoms with Crippen LogP contribution in [0, 0.1) is 23.7 Å². The van der Waals surface area contributed by atoms with Crippen molar-refractivity contribution < 1.29 is 0 Å². The van der Waals surface area contributed by atoms with Gasteiger partial charge in [0.25, 0.3) is 0 Å². The van der Waals surface area contributed by atoms with Crippen molar-refractivity contribution in [2.45, 2.75) is 90.4 Å². The quantitative estimate of drug-likeness (QED) is 0.346. The minimum Gasteiger partial charge on any atom is -0.0928 e. The van der Waals surface area contributed by atoms with Crippen LogP contribution < -0.4 is 0 Å². The third-order valence-electron chi connectivity index (χ3n) is 6.18. The molecular formula is C19H35Br. The van der Waals surface area contributed by atoms with Crippen LogP contribution >= 0.6 is 15.9 Å². The van der Waals surface area contributed by atoms with Crippen molar-refractivity contribution in [1.82, 2.24) is 0 Å². The Morgan fingerprint density at radius 1 is 0.700 bits per heavy atom. The molecule has 0 N–H and O–H groups in total. The zero-order valence-electron chi connectivity index (χ0n) is 13.6. The summed E-state index contributed by atoms with van der Waals surface area (Å²) in [4.78, 5) is 0. The normalized spacial score (nSPS) is 35.1. The van der Waals surface area contributed by atoms with E-state index < -0.39 is 0 Å². The molecule has 2 fully saturated rings. The van der Waals surface area contributed by atoms with Crippen LogP contribution in [-0.2, 0) is 0 Å². The standard InChI is InChI=1S/C19H35Br/c1-2-3-4-5-16-6-10-18(11-7-16)19-12-8-17(9-13-19)14-15-20/h16-19H,2-15H2,1H3/t16-,17-,18-,19-. The van der Waals surface area contributed by atoms with Gasteiger partial charge in [-0.05, 0) is 55.8 Å². The highest BCUT2D eigenvalue weighted by Gasteiger charge is 2.30. The van der Waals surface area contributed by atoms with Gasteiger partial charge in [0, 0.05) is 5.33 Å². The van der Waals surface area contributed by atoms with E-state index in [-0.39, 0.29) is 0 Å². The summed E-state index contributed by atoms with van der Waals surface area (Å²) in [6.07, 6.45) is 19.6. The maximum atomic E-state index is 3.61. The van der Waals surface area contributed by atoms with Gasteiger partial charge in [-0.1, -0.05) is 74.2 Å². The third-order valence-corrected chi connectivity index (χ3v) is 6.64. The van der Waals surface area contributed by atoms with Gasteiger partial charge in [-0.2, -0.15) is 0 Å². The molecule has 20 heavy (non-hydrogen) atoms. The molecule has 0 aliphatic heterocycles. The average Bonchev–Trinajstić information content (AvgIpc) is 2.49. The van der Waals surface area contributed by atoms with Crippen LogP contribution in [0.2, 0.25) is 0 Å². The predicted molar refractivity (Wildman–Crippen MR) is 93.4 cm³/mol. The van der Waals surface area contributed by atoms with Crippen molar-refractivity contribution in [2.24, 2.45) is 23.7 Å². The minimum absolute atomic E-state index is 1.04. The second kappa shape index (κ2) is 9.49. The lowest BCUT2D eigenvalue weighted by Gasteiger charge is -2.38. The summed E-state index contributed by atoms with van der Waals surface area (Å²) in [7, 11) is 0. The molecule has 0 atom stereocenters. The van der Waals surface area contributed by atoms with Crippen molar-refractivity contribution in [2.75, 3.05) is 5.33 Å². The Morgan fingerprint density at radius 2 is 1.20 bits per heavy atom. The average molecular weight is 343 g/mol. The fraction of sp³-hybridized carbons (Fsp3) is 1.00. The molecule has 0 aromatic rings. The van der Waals surface area contributed by atoms with Gasteiger partial charge in [0.15, 0.2) is 0 Å². The number of hydrogen-bond donors (Lipinski definition) is 0. The molecular weight excluding hydrogens is 308 g/mol. The van der Waals surface area contributed by atoms with Gasteiger partial charge in [0.1, 0.15) is 0 Å². The van der Waals surface area contributed by atoms with Crippen molar-refractivity contribution in [3.05, 3.63) is 0 Å². The maximum absolute atomic E-state index is 3.61. The Morgan fingerprint density at radius 3 is 1.65 bits per heavy atom. The van der Waals surface area contributed by atoms with Gasteiger partial charge in [-0.25, -0.2) is 0 Å². The first-order valence-corrected chi connectivity index (χ1v) is 10.5. The highest BCUT2D eigenvalue weighted by molar-refractivity contribution is 9.09. The van der Waals surface area contributed by atoms with Crippen LogP contribution in [0.15, 0.2) is 0 Å². The van der Waals surface area contributed by atoms with E-state index in [2.05, 4.69) is 22.9 Å². The fourth-order valence-electron chi connectivity index (χ4n) is 4.73. The molecule has 2 saturated carbocycles. The Balaban J connectivity index is 1.62. The lowest BCUT2D eigenvalue weighted by atomic mass is 9.68. The molecule has 2 aliphatic carbocycles. The van der Waals surface area contributed by atoms with Gasteiger partial charge in [0.2, 0.25) is 0 Å². The molecule has 0 aromatic heterocycles. The van der Waals surface area contributed by atoms with E-state index in [1.165, 1.54) is 50.3 Å². The third kappa shape index (κ3) is 5.35. The van der Waals surface area contributed by atoms with Gasteiger partial charge in [-0.15, -0.1) is 0 Å². The molecule has 0 bridgehead atoms. The number of unbranched alkanes of at least 4 members (excludes halogenated alkanes) is 2. The molecule has 118 valence electrons. The lowest BCUT2D eigenvalue weighted by Crippen LogP contribution is -2.26. The van der Waals surface area contributed by atoms with Gasteiger partial charge < -0.3 is 0 Å². The highest BCUT2D eigenvalue weighted by Crippen LogP contribution is 2.42. The second-order valence-electron chi connectivity index (χ2n) is 7.54. The van der Waals surface area contributed by atoms with Crippen molar-refractivity contribution >= 4 is 15.9 Å². The van der Waals surface area contributed by atoms with E-state index in [1.54, 1.807) is 38.5 Å². The summed E-state index contributed by atoms with van der Waals surface area (Å²) in [6.45, 7) is 2.32. The first-order chi connectivity index (χ1) is 9.83. The minimum atomic E-state index is 1.04. The molecule has 0 spiro atoms. The van der Waals surface area contributed by atoms with Crippen molar-refractivity contribution in [3.63, 3.8) is 0 Å². The number of rotatable bonds is 7. The first kappa shape index (κ1) is 16.8. The van der Waals surface area contributed by atoms with Crippen LogP contribution in [0.25, 0.3) is 0 Å². The van der Waals surface area contributed by atoms with E-state index in [0.29, 0.717) is 0 Å². The molecule has 0 nitrogen and oxygen atoms in total. The van der Waals surface area contributed by atoms with E-state index >= 15 is 0 Å². The molecule has 0 amide bonds. The van der Waals surface area contributed by atoms with E-state index in [9.17, 15) is 0 Å². The zero-order valence-corrected chi connectivity index (χ0v) is 15.2. The van der Waals surface area contributed by atoms with E-state index in [4.69, 9.17) is 0 Å². The molecule has 0 radical (unpaired) electrons. The highest BCUT2D eigenvalue weighted by atomic mass is 79.9. The maximum Gasteiger partial charge on any atom is 0.00339 e. The van der Waals surface area contributed by atoms with Crippen LogP contribution in [0.3, 0.4) is 0 Å². The molecule has 0 saturated heterocycles. The molecule has 0 aromatic carbocycles. The summed E-state index contributed by atoms with van der Waals surface area (Å²) in [5, 5.41) is 1.21. The van der Waals surface area contributed by atoms with Crippen LogP contribution in [0.1, 0.15) is 90.4 Å². The summed E-state index contributed by atoms with van der Waals surface area (Å²) in [6, 6.07) is 0. The van der Waals surface area contributed by atoms with Crippen LogP contribution in [0.5, 0.6) is 0 Å². The zero-order chi connectivity index (χ0) is 14.2. The Labute approximate surface area is 135 Å². The molecule has 2 aliphatic rings. The molecule has 1 heteroatoms. The molecule has 2 rings (SSSR count). The number of hydrogen-bond acceptors (Lipinski definition) is 0. The summed E-state index contributed by atoms with van der Waals surface area (Å²) in [5.41, 5.74) is 0.